The van der Waals surface area contributed by atoms with Crippen molar-refractivity contribution < 1.29 is 17.9 Å². The largest absolute Gasteiger partial charge is 0.454 e. The lowest BCUT2D eigenvalue weighted by Gasteiger charge is -2.29. The SMILES string of the molecule is CC(C)S(=O)(=O)N[C@H]1CC[C@H](CNc2ccc3c(c2)OCO3)CC1. The fourth-order valence-electron chi connectivity index (χ4n) is 3.12. The number of anilines is 1. The number of hydrogen-bond donors (Lipinski definition) is 2. The summed E-state index contributed by atoms with van der Waals surface area (Å²) in [4.78, 5) is 0. The maximum atomic E-state index is 11.9. The third-order valence-electron chi connectivity index (χ3n) is 4.77. The summed E-state index contributed by atoms with van der Waals surface area (Å²) < 4.78 is 37.4. The fraction of sp³-hybridized carbons (Fsp3) is 0.647. The molecule has 0 unspecified atom stereocenters. The fourth-order valence-corrected chi connectivity index (χ4v) is 4.09. The molecule has 24 heavy (non-hydrogen) atoms. The van der Waals surface area contributed by atoms with Gasteiger partial charge in [-0.1, -0.05) is 0 Å². The molecule has 0 saturated heterocycles. The summed E-state index contributed by atoms with van der Waals surface area (Å²) in [6, 6.07) is 5.96. The number of benzene rings is 1. The van der Waals surface area contributed by atoms with Crippen molar-refractivity contribution in [3.8, 4) is 11.5 Å². The van der Waals surface area contributed by atoms with E-state index in [-0.39, 0.29) is 18.1 Å². The number of sulfonamides is 1. The topological polar surface area (TPSA) is 76.7 Å². The molecular formula is C17H26N2O4S. The van der Waals surface area contributed by atoms with Gasteiger partial charge in [-0.15, -0.1) is 0 Å². The zero-order chi connectivity index (χ0) is 17.2. The van der Waals surface area contributed by atoms with Gasteiger partial charge < -0.3 is 14.8 Å². The van der Waals surface area contributed by atoms with E-state index < -0.39 is 10.0 Å². The van der Waals surface area contributed by atoms with Crippen LogP contribution in [0.3, 0.4) is 0 Å². The number of ether oxygens (including phenoxy) is 2. The standard InChI is InChI=1S/C17H26N2O4S/c1-12(2)24(20,21)19-14-5-3-13(4-6-14)10-18-15-7-8-16-17(9-15)23-11-22-16/h7-9,12-14,18-19H,3-6,10-11H2,1-2H3/t13-,14-. The summed E-state index contributed by atoms with van der Waals surface area (Å²) in [7, 11) is -3.17. The summed E-state index contributed by atoms with van der Waals surface area (Å²) in [5.74, 6) is 2.14. The molecule has 1 fully saturated rings. The average Bonchev–Trinajstić information content (AvgIpc) is 3.01. The van der Waals surface area contributed by atoms with Crippen LogP contribution >= 0.6 is 0 Å². The molecule has 1 aliphatic heterocycles. The Balaban J connectivity index is 1.44. The van der Waals surface area contributed by atoms with E-state index in [0.29, 0.717) is 5.92 Å². The molecule has 7 heteroatoms. The van der Waals surface area contributed by atoms with E-state index in [1.54, 1.807) is 13.8 Å². The molecule has 1 saturated carbocycles. The van der Waals surface area contributed by atoms with E-state index >= 15 is 0 Å². The van der Waals surface area contributed by atoms with Crippen LogP contribution in [0.5, 0.6) is 11.5 Å². The highest BCUT2D eigenvalue weighted by Crippen LogP contribution is 2.34. The summed E-state index contributed by atoms with van der Waals surface area (Å²) in [6.45, 7) is 4.60. The smallest absolute Gasteiger partial charge is 0.231 e. The Morgan fingerprint density at radius 3 is 2.54 bits per heavy atom. The van der Waals surface area contributed by atoms with Crippen molar-refractivity contribution in [2.45, 2.75) is 50.8 Å². The maximum absolute atomic E-state index is 11.9. The van der Waals surface area contributed by atoms with Crippen LogP contribution in [0, 0.1) is 5.92 Å². The van der Waals surface area contributed by atoms with Crippen molar-refractivity contribution in [3.05, 3.63) is 18.2 Å². The van der Waals surface area contributed by atoms with Gasteiger partial charge in [0, 0.05) is 24.3 Å². The second-order valence-corrected chi connectivity index (χ2v) is 9.15. The van der Waals surface area contributed by atoms with Crippen molar-refractivity contribution in [2.75, 3.05) is 18.7 Å². The molecule has 2 N–H and O–H groups in total. The quantitative estimate of drug-likeness (QED) is 0.821. The zero-order valence-corrected chi connectivity index (χ0v) is 15.1. The molecule has 0 aromatic heterocycles. The maximum Gasteiger partial charge on any atom is 0.231 e. The monoisotopic (exact) mass is 354 g/mol. The van der Waals surface area contributed by atoms with E-state index in [1.807, 2.05) is 18.2 Å². The highest BCUT2D eigenvalue weighted by Gasteiger charge is 2.26. The van der Waals surface area contributed by atoms with Crippen LogP contribution in [0.15, 0.2) is 18.2 Å². The van der Waals surface area contributed by atoms with Gasteiger partial charge in [0.1, 0.15) is 0 Å². The molecule has 6 nitrogen and oxygen atoms in total. The minimum Gasteiger partial charge on any atom is -0.454 e. The van der Waals surface area contributed by atoms with Crippen LogP contribution in [0.4, 0.5) is 5.69 Å². The first-order chi connectivity index (χ1) is 11.4. The number of hydrogen-bond acceptors (Lipinski definition) is 5. The van der Waals surface area contributed by atoms with Gasteiger partial charge in [-0.25, -0.2) is 13.1 Å². The summed E-state index contributed by atoms with van der Waals surface area (Å²) in [5, 5.41) is 3.08. The number of rotatable bonds is 6. The van der Waals surface area contributed by atoms with Gasteiger partial charge >= 0.3 is 0 Å². The first kappa shape index (κ1) is 17.4. The van der Waals surface area contributed by atoms with E-state index in [1.165, 1.54) is 0 Å². The number of nitrogens with one attached hydrogen (secondary N) is 2. The highest BCUT2D eigenvalue weighted by atomic mass is 32.2. The summed E-state index contributed by atoms with van der Waals surface area (Å²) in [5.41, 5.74) is 1.03. The first-order valence-electron chi connectivity index (χ1n) is 8.58. The predicted molar refractivity (Wildman–Crippen MR) is 94.0 cm³/mol. The Labute approximate surface area is 144 Å². The molecule has 1 heterocycles. The Bertz CT molecular complexity index is 667. The first-order valence-corrected chi connectivity index (χ1v) is 10.1. The minimum absolute atomic E-state index is 0.0826. The molecule has 1 aromatic carbocycles. The van der Waals surface area contributed by atoms with Crippen LogP contribution in [-0.2, 0) is 10.0 Å². The van der Waals surface area contributed by atoms with Gasteiger partial charge in [0.05, 0.1) is 5.25 Å². The van der Waals surface area contributed by atoms with Crippen LogP contribution in [0.1, 0.15) is 39.5 Å². The Morgan fingerprint density at radius 2 is 1.83 bits per heavy atom. The molecular weight excluding hydrogens is 328 g/mol. The summed E-state index contributed by atoms with van der Waals surface area (Å²) in [6.07, 6.45) is 3.87. The summed E-state index contributed by atoms with van der Waals surface area (Å²) >= 11 is 0. The second-order valence-electron chi connectivity index (χ2n) is 6.88. The molecule has 0 atom stereocenters. The second kappa shape index (κ2) is 7.19. The molecule has 0 bridgehead atoms. The van der Waals surface area contributed by atoms with Crippen molar-refractivity contribution in [3.63, 3.8) is 0 Å². The average molecular weight is 354 g/mol. The van der Waals surface area contributed by atoms with E-state index in [2.05, 4.69) is 10.0 Å². The lowest BCUT2D eigenvalue weighted by Crippen LogP contribution is -2.41. The van der Waals surface area contributed by atoms with E-state index in [0.717, 1.165) is 49.4 Å². The van der Waals surface area contributed by atoms with Gasteiger partial charge in [0.25, 0.3) is 0 Å². The molecule has 0 spiro atoms. The van der Waals surface area contributed by atoms with E-state index in [4.69, 9.17) is 9.47 Å². The predicted octanol–water partition coefficient (Wildman–Crippen LogP) is 2.71. The van der Waals surface area contributed by atoms with Crippen molar-refractivity contribution in [1.82, 2.24) is 4.72 Å². The van der Waals surface area contributed by atoms with E-state index in [9.17, 15) is 8.42 Å². The van der Waals surface area contributed by atoms with Crippen molar-refractivity contribution in [1.29, 1.82) is 0 Å². The Morgan fingerprint density at radius 1 is 1.12 bits per heavy atom. The molecule has 0 amide bonds. The number of fused-ring (bicyclic) bond motifs is 1. The lowest BCUT2D eigenvalue weighted by atomic mass is 9.86. The third-order valence-corrected chi connectivity index (χ3v) is 6.67. The van der Waals surface area contributed by atoms with Gasteiger partial charge in [-0.2, -0.15) is 0 Å². The van der Waals surface area contributed by atoms with Gasteiger partial charge in [-0.05, 0) is 57.6 Å². The Kier molecular flexibility index (Phi) is 5.20. The van der Waals surface area contributed by atoms with Gasteiger partial charge in [-0.3, -0.25) is 0 Å². The molecule has 134 valence electrons. The van der Waals surface area contributed by atoms with Crippen LogP contribution in [0.2, 0.25) is 0 Å². The van der Waals surface area contributed by atoms with Crippen LogP contribution in [0.25, 0.3) is 0 Å². The molecule has 1 aromatic rings. The van der Waals surface area contributed by atoms with Crippen LogP contribution in [-0.4, -0.2) is 33.0 Å². The lowest BCUT2D eigenvalue weighted by molar-refractivity contribution is 0.174. The van der Waals surface area contributed by atoms with Crippen molar-refractivity contribution in [2.24, 2.45) is 5.92 Å². The van der Waals surface area contributed by atoms with Gasteiger partial charge in [0.15, 0.2) is 11.5 Å². The third kappa shape index (κ3) is 4.13. The van der Waals surface area contributed by atoms with Crippen LogP contribution < -0.4 is 19.5 Å². The Hall–Kier alpha value is -1.47. The normalized spacial score (nSPS) is 23.5. The highest BCUT2D eigenvalue weighted by molar-refractivity contribution is 7.90. The minimum atomic E-state index is -3.17. The van der Waals surface area contributed by atoms with Crippen molar-refractivity contribution >= 4 is 15.7 Å². The molecule has 3 rings (SSSR count). The molecule has 2 aliphatic rings. The zero-order valence-electron chi connectivity index (χ0n) is 14.2. The molecule has 0 radical (unpaired) electrons. The molecule has 1 aliphatic carbocycles. The van der Waals surface area contributed by atoms with Gasteiger partial charge in [0.2, 0.25) is 16.8 Å².